The molecule has 5 nitrogen and oxygen atoms in total. The van der Waals surface area contributed by atoms with Gasteiger partial charge < -0.3 is 0 Å². The lowest BCUT2D eigenvalue weighted by atomic mass is 10.1. The largest absolute Gasteiger partial charge is 0.296 e. The van der Waals surface area contributed by atoms with Crippen molar-refractivity contribution in [3.8, 4) is 6.07 Å². The molecule has 1 atom stereocenters. The van der Waals surface area contributed by atoms with Gasteiger partial charge in [0.05, 0.1) is 5.69 Å². The van der Waals surface area contributed by atoms with E-state index < -0.39 is 0 Å². The van der Waals surface area contributed by atoms with E-state index in [1.807, 2.05) is 19.1 Å². The standard InChI is InChI=1S/C15H18N4OS/c1-4-5-11(7-17-3)13-12(6-16)14(20)19-8-10(2)9-21-15(19)18-13/h5,7,10H,4,8-9H2,1-3H3/b11-5+,17-7?. The highest BCUT2D eigenvalue weighted by molar-refractivity contribution is 7.99. The molecule has 0 radical (unpaired) electrons. The lowest BCUT2D eigenvalue weighted by Gasteiger charge is -2.23. The van der Waals surface area contributed by atoms with Gasteiger partial charge in [0, 0.05) is 31.1 Å². The van der Waals surface area contributed by atoms with Gasteiger partial charge in [-0.05, 0) is 12.3 Å². The Kier molecular flexibility index (Phi) is 4.97. The number of aliphatic imine (C=N–C) groups is 1. The van der Waals surface area contributed by atoms with Crippen LogP contribution in [0, 0.1) is 17.2 Å². The van der Waals surface area contributed by atoms with Gasteiger partial charge in [-0.25, -0.2) is 4.98 Å². The van der Waals surface area contributed by atoms with Crippen LogP contribution >= 0.6 is 11.8 Å². The minimum Gasteiger partial charge on any atom is -0.296 e. The van der Waals surface area contributed by atoms with Gasteiger partial charge in [-0.1, -0.05) is 31.7 Å². The van der Waals surface area contributed by atoms with Crippen LogP contribution in [0.5, 0.6) is 0 Å². The molecule has 0 aliphatic carbocycles. The first-order valence-corrected chi connectivity index (χ1v) is 7.91. The summed E-state index contributed by atoms with van der Waals surface area (Å²) >= 11 is 1.57. The summed E-state index contributed by atoms with van der Waals surface area (Å²) in [5, 5.41) is 10.1. The molecule has 0 saturated heterocycles. The molecule has 110 valence electrons. The molecule has 2 heterocycles. The summed E-state index contributed by atoms with van der Waals surface area (Å²) in [6.45, 7) is 4.71. The molecule has 1 aliphatic rings. The van der Waals surface area contributed by atoms with E-state index in [1.165, 1.54) is 0 Å². The fourth-order valence-electron chi connectivity index (χ4n) is 2.27. The van der Waals surface area contributed by atoms with Gasteiger partial charge in [-0.15, -0.1) is 0 Å². The maximum absolute atomic E-state index is 12.5. The van der Waals surface area contributed by atoms with Crippen LogP contribution in [0.1, 0.15) is 31.5 Å². The molecule has 0 fully saturated rings. The van der Waals surface area contributed by atoms with Crippen molar-refractivity contribution in [2.45, 2.75) is 32.0 Å². The third-order valence-corrected chi connectivity index (χ3v) is 4.51. The Balaban J connectivity index is 2.68. The highest BCUT2D eigenvalue weighted by Gasteiger charge is 2.23. The van der Waals surface area contributed by atoms with Gasteiger partial charge in [0.2, 0.25) is 0 Å². The Hall–Kier alpha value is -1.87. The Morgan fingerprint density at radius 1 is 1.67 bits per heavy atom. The van der Waals surface area contributed by atoms with Crippen LogP contribution in [0.25, 0.3) is 5.57 Å². The van der Waals surface area contributed by atoms with Gasteiger partial charge in [-0.3, -0.25) is 14.4 Å². The Labute approximate surface area is 128 Å². The van der Waals surface area contributed by atoms with Crippen molar-refractivity contribution in [1.29, 1.82) is 5.26 Å². The number of fused-ring (bicyclic) bond motifs is 1. The summed E-state index contributed by atoms with van der Waals surface area (Å²) in [7, 11) is 1.66. The monoisotopic (exact) mass is 302 g/mol. The van der Waals surface area contributed by atoms with Crippen molar-refractivity contribution in [3.05, 3.63) is 27.7 Å². The van der Waals surface area contributed by atoms with E-state index in [0.29, 0.717) is 23.3 Å². The van der Waals surface area contributed by atoms with Crippen molar-refractivity contribution in [3.63, 3.8) is 0 Å². The summed E-state index contributed by atoms with van der Waals surface area (Å²) in [6, 6.07) is 2.02. The van der Waals surface area contributed by atoms with Crippen LogP contribution < -0.4 is 5.56 Å². The molecular weight excluding hydrogens is 284 g/mol. The zero-order valence-corrected chi connectivity index (χ0v) is 13.3. The number of thioether (sulfide) groups is 1. The number of rotatable bonds is 3. The summed E-state index contributed by atoms with van der Waals surface area (Å²) in [4.78, 5) is 21.1. The van der Waals surface area contributed by atoms with Gasteiger partial charge in [0.25, 0.3) is 5.56 Å². The van der Waals surface area contributed by atoms with E-state index in [0.717, 1.165) is 17.7 Å². The van der Waals surface area contributed by atoms with Gasteiger partial charge in [0.1, 0.15) is 11.6 Å². The average molecular weight is 302 g/mol. The van der Waals surface area contributed by atoms with Crippen LogP contribution in [0.3, 0.4) is 0 Å². The van der Waals surface area contributed by atoms with Gasteiger partial charge in [-0.2, -0.15) is 5.26 Å². The second kappa shape index (κ2) is 6.72. The molecule has 0 amide bonds. The molecule has 6 heteroatoms. The molecule has 0 saturated carbocycles. The fourth-order valence-corrected chi connectivity index (χ4v) is 3.27. The van der Waals surface area contributed by atoms with Crippen molar-refractivity contribution in [1.82, 2.24) is 9.55 Å². The summed E-state index contributed by atoms with van der Waals surface area (Å²) in [6.07, 6.45) is 4.37. The second-order valence-electron chi connectivity index (χ2n) is 5.02. The predicted molar refractivity (Wildman–Crippen MR) is 85.8 cm³/mol. The molecular formula is C15H18N4OS. The number of nitriles is 1. The normalized spacial score (nSPS) is 18.6. The maximum atomic E-state index is 12.5. The number of aromatic nitrogens is 2. The van der Waals surface area contributed by atoms with Crippen molar-refractivity contribution < 1.29 is 0 Å². The van der Waals surface area contributed by atoms with E-state index >= 15 is 0 Å². The first kappa shape index (κ1) is 15.5. The van der Waals surface area contributed by atoms with Gasteiger partial charge >= 0.3 is 0 Å². The van der Waals surface area contributed by atoms with Crippen LogP contribution in [-0.2, 0) is 6.54 Å². The lowest BCUT2D eigenvalue weighted by Crippen LogP contribution is -2.32. The highest BCUT2D eigenvalue weighted by atomic mass is 32.2. The zero-order valence-electron chi connectivity index (χ0n) is 12.5. The topological polar surface area (TPSA) is 71.0 Å². The molecule has 0 aromatic carbocycles. The van der Waals surface area contributed by atoms with Crippen LogP contribution in [-0.4, -0.2) is 28.6 Å². The molecule has 21 heavy (non-hydrogen) atoms. The predicted octanol–water partition coefficient (Wildman–Crippen LogP) is 2.35. The Bertz CT molecular complexity index is 697. The second-order valence-corrected chi connectivity index (χ2v) is 6.00. The number of hydrogen-bond donors (Lipinski definition) is 0. The third-order valence-electron chi connectivity index (χ3n) is 3.20. The Morgan fingerprint density at radius 3 is 3.05 bits per heavy atom. The van der Waals surface area contributed by atoms with E-state index in [4.69, 9.17) is 0 Å². The quantitative estimate of drug-likeness (QED) is 0.635. The zero-order chi connectivity index (χ0) is 15.4. The fraction of sp³-hybridized carbons (Fsp3) is 0.467. The van der Waals surface area contributed by atoms with Crippen molar-refractivity contribution in [2.75, 3.05) is 12.8 Å². The molecule has 0 bridgehead atoms. The number of hydrogen-bond acceptors (Lipinski definition) is 5. The van der Waals surface area contributed by atoms with E-state index in [-0.39, 0.29) is 11.1 Å². The summed E-state index contributed by atoms with van der Waals surface area (Å²) in [5.74, 6) is 1.34. The molecule has 2 rings (SSSR count). The Morgan fingerprint density at radius 2 is 2.43 bits per heavy atom. The van der Waals surface area contributed by atoms with Gasteiger partial charge in [0.15, 0.2) is 5.16 Å². The minimum absolute atomic E-state index is 0.105. The van der Waals surface area contributed by atoms with Crippen LogP contribution in [0.15, 0.2) is 21.0 Å². The molecule has 0 spiro atoms. The number of allylic oxidation sites excluding steroid dienone is 2. The first-order valence-electron chi connectivity index (χ1n) is 6.92. The van der Waals surface area contributed by atoms with Crippen molar-refractivity contribution in [2.24, 2.45) is 10.9 Å². The molecule has 1 unspecified atom stereocenters. The smallest absolute Gasteiger partial charge is 0.272 e. The van der Waals surface area contributed by atoms with Crippen molar-refractivity contribution >= 4 is 23.5 Å². The SMILES string of the molecule is CC/C=C(\C=NC)c1nc2n(c(=O)c1C#N)CC(C)CS2. The van der Waals surface area contributed by atoms with E-state index in [9.17, 15) is 10.1 Å². The minimum atomic E-state index is -0.247. The van der Waals surface area contributed by atoms with E-state index in [1.54, 1.807) is 29.6 Å². The first-order chi connectivity index (χ1) is 10.1. The van der Waals surface area contributed by atoms with Crippen LogP contribution in [0.4, 0.5) is 0 Å². The summed E-state index contributed by atoms with van der Waals surface area (Å²) < 4.78 is 1.62. The molecule has 0 N–H and O–H groups in total. The third kappa shape index (κ3) is 3.08. The van der Waals surface area contributed by atoms with E-state index in [2.05, 4.69) is 16.9 Å². The molecule has 1 aromatic rings. The van der Waals surface area contributed by atoms with Crippen LogP contribution in [0.2, 0.25) is 0 Å². The highest BCUT2D eigenvalue weighted by Crippen LogP contribution is 2.26. The lowest BCUT2D eigenvalue weighted by molar-refractivity contribution is 0.458. The molecule has 1 aliphatic heterocycles. The molecule has 1 aromatic heterocycles. The summed E-state index contributed by atoms with van der Waals surface area (Å²) in [5.41, 5.74) is 1.04. The number of nitrogens with zero attached hydrogens (tertiary/aromatic N) is 4. The average Bonchev–Trinajstić information content (AvgIpc) is 2.47. The maximum Gasteiger partial charge on any atom is 0.272 e.